The average molecular weight is 276 g/mol. The first-order valence-corrected chi connectivity index (χ1v) is 4.66. The normalized spacial score (nSPS) is 10.7. The molecule has 0 amide bonds. The van der Waals surface area contributed by atoms with Gasteiger partial charge in [0, 0.05) is 0 Å². The zero-order valence-electron chi connectivity index (χ0n) is 8.88. The van der Waals surface area contributed by atoms with Crippen molar-refractivity contribution >= 4 is 11.9 Å². The Kier molecular flexibility index (Phi) is 2.89. The van der Waals surface area contributed by atoms with Crippen molar-refractivity contribution in [2.75, 3.05) is 5.73 Å². The predicted molar refractivity (Wildman–Crippen MR) is 53.1 cm³/mol. The molecule has 0 aliphatic heterocycles. The maximum Gasteiger partial charge on any atom is 0.341 e. The minimum absolute atomic E-state index is 0.523. The Morgan fingerprint density at radius 2 is 1.68 bits per heavy atom. The lowest BCUT2D eigenvalue weighted by Crippen LogP contribution is -2.11. The van der Waals surface area contributed by atoms with Crippen LogP contribution >= 0.6 is 0 Å². The molecule has 100 valence electrons. The van der Waals surface area contributed by atoms with Crippen molar-refractivity contribution in [2.24, 2.45) is 0 Å². The number of anilines is 1. The van der Waals surface area contributed by atoms with Crippen molar-refractivity contribution in [1.29, 1.82) is 0 Å². The van der Waals surface area contributed by atoms with Gasteiger partial charge >= 0.3 is 5.97 Å². The summed E-state index contributed by atoms with van der Waals surface area (Å²) in [6.45, 7) is 0. The molecule has 0 aliphatic carbocycles. The zero-order valence-corrected chi connectivity index (χ0v) is 8.88. The van der Waals surface area contributed by atoms with E-state index in [4.69, 9.17) is 10.8 Å². The van der Waals surface area contributed by atoms with Gasteiger partial charge in [-0.2, -0.15) is 0 Å². The quantitative estimate of drug-likeness (QED) is 0.648. The van der Waals surface area contributed by atoms with Crippen molar-refractivity contribution in [3.63, 3.8) is 0 Å². The zero-order chi connectivity index (χ0) is 14.3. The summed E-state index contributed by atoms with van der Waals surface area (Å²) >= 11 is 0. The number of rotatable bonds is 2. The Bertz CT molecular complexity index is 655. The van der Waals surface area contributed by atoms with E-state index in [9.17, 15) is 22.4 Å². The minimum Gasteiger partial charge on any atom is -0.477 e. The molecule has 1 aromatic heterocycles. The molecule has 2 rings (SSSR count). The van der Waals surface area contributed by atoms with Crippen LogP contribution in [-0.2, 0) is 0 Å². The van der Waals surface area contributed by atoms with E-state index < -0.39 is 51.8 Å². The number of nitrogens with two attached hydrogens (primary N) is 1. The van der Waals surface area contributed by atoms with Crippen LogP contribution in [0.15, 0.2) is 10.7 Å². The van der Waals surface area contributed by atoms with Crippen LogP contribution in [0.3, 0.4) is 0 Å². The molecule has 1 heterocycles. The van der Waals surface area contributed by atoms with E-state index in [-0.39, 0.29) is 0 Å². The number of carbonyl (C=O) groups is 1. The van der Waals surface area contributed by atoms with E-state index in [0.29, 0.717) is 0 Å². The molecule has 0 fully saturated rings. The van der Waals surface area contributed by atoms with Gasteiger partial charge in [0.25, 0.3) is 0 Å². The van der Waals surface area contributed by atoms with Crippen LogP contribution in [-0.4, -0.2) is 16.2 Å². The van der Waals surface area contributed by atoms with Crippen LogP contribution in [0.2, 0.25) is 0 Å². The van der Waals surface area contributed by atoms with E-state index in [1.807, 2.05) is 0 Å². The molecule has 3 N–H and O–H groups in total. The first-order chi connectivity index (χ1) is 8.86. The van der Waals surface area contributed by atoms with Gasteiger partial charge in [0.15, 0.2) is 23.3 Å². The van der Waals surface area contributed by atoms with E-state index >= 15 is 0 Å². The minimum atomic E-state index is -2.14. The highest BCUT2D eigenvalue weighted by Gasteiger charge is 2.31. The predicted octanol–water partition coefficient (Wildman–Crippen LogP) is 2.18. The molecule has 0 spiro atoms. The molecular weight excluding hydrogens is 272 g/mol. The Morgan fingerprint density at radius 3 is 2.05 bits per heavy atom. The van der Waals surface area contributed by atoms with E-state index in [2.05, 4.69) is 9.68 Å². The number of aromatic nitrogens is 1. The van der Waals surface area contributed by atoms with Gasteiger partial charge in [-0.3, -0.25) is 0 Å². The summed E-state index contributed by atoms with van der Waals surface area (Å²) in [6, 6.07) is 0. The van der Waals surface area contributed by atoms with Crippen LogP contribution in [0, 0.1) is 23.3 Å². The maximum atomic E-state index is 13.6. The lowest BCUT2D eigenvalue weighted by molar-refractivity contribution is 0.0683. The second kappa shape index (κ2) is 4.26. The Balaban J connectivity index is 2.86. The largest absolute Gasteiger partial charge is 0.477 e. The molecule has 0 bridgehead atoms. The van der Waals surface area contributed by atoms with Crippen LogP contribution in [0.4, 0.5) is 23.4 Å². The third-order valence-electron chi connectivity index (χ3n) is 2.34. The van der Waals surface area contributed by atoms with E-state index in [0.717, 1.165) is 6.20 Å². The molecular formula is C10H4F4N2O3. The van der Waals surface area contributed by atoms with Crippen LogP contribution in [0.25, 0.3) is 11.1 Å². The summed E-state index contributed by atoms with van der Waals surface area (Å²) in [5.41, 5.74) is 1.75. The summed E-state index contributed by atoms with van der Waals surface area (Å²) < 4.78 is 58.4. The third-order valence-corrected chi connectivity index (χ3v) is 2.34. The number of nitrogen functional groups attached to an aromatic ring is 1. The highest BCUT2D eigenvalue weighted by Crippen LogP contribution is 2.34. The van der Waals surface area contributed by atoms with Gasteiger partial charge in [0.2, 0.25) is 5.88 Å². The Morgan fingerprint density at radius 1 is 1.16 bits per heavy atom. The smallest absolute Gasteiger partial charge is 0.341 e. The van der Waals surface area contributed by atoms with Gasteiger partial charge in [-0.05, 0) is 0 Å². The molecule has 1 aromatic carbocycles. The highest BCUT2D eigenvalue weighted by atomic mass is 19.2. The summed E-state index contributed by atoms with van der Waals surface area (Å²) in [4.78, 5) is 10.5. The highest BCUT2D eigenvalue weighted by molar-refractivity contribution is 5.89. The first-order valence-electron chi connectivity index (χ1n) is 4.66. The van der Waals surface area contributed by atoms with Crippen molar-refractivity contribution in [1.82, 2.24) is 5.16 Å². The van der Waals surface area contributed by atoms with Gasteiger partial charge in [-0.25, -0.2) is 22.4 Å². The van der Waals surface area contributed by atoms with Crippen LogP contribution in [0.5, 0.6) is 0 Å². The second-order valence-corrected chi connectivity index (χ2v) is 3.41. The summed E-state index contributed by atoms with van der Waals surface area (Å²) in [7, 11) is 0. The van der Waals surface area contributed by atoms with Gasteiger partial charge in [-0.1, -0.05) is 5.16 Å². The van der Waals surface area contributed by atoms with Crippen molar-refractivity contribution in [3.05, 3.63) is 35.0 Å². The fraction of sp³-hybridized carbons (Fsp3) is 0. The molecule has 0 radical (unpaired) electrons. The molecule has 2 aromatic rings. The van der Waals surface area contributed by atoms with Crippen molar-refractivity contribution < 1.29 is 32.0 Å². The number of halogens is 4. The lowest BCUT2D eigenvalue weighted by atomic mass is 10.0. The van der Waals surface area contributed by atoms with Gasteiger partial charge in [0.05, 0.1) is 17.3 Å². The lowest BCUT2D eigenvalue weighted by Gasteiger charge is -2.08. The topological polar surface area (TPSA) is 89.4 Å². The van der Waals surface area contributed by atoms with Crippen molar-refractivity contribution in [2.45, 2.75) is 0 Å². The third kappa shape index (κ3) is 1.79. The number of aromatic carboxylic acids is 1. The summed E-state index contributed by atoms with van der Waals surface area (Å²) in [5.74, 6) is -10.6. The summed E-state index contributed by atoms with van der Waals surface area (Å²) in [5, 5.41) is 11.6. The molecule has 0 atom stereocenters. The number of hydrogen-bond acceptors (Lipinski definition) is 4. The van der Waals surface area contributed by atoms with E-state index in [1.165, 1.54) is 0 Å². The SMILES string of the molecule is Nc1oncc1-c1c(F)c(F)c(C(=O)O)c(F)c1F. The number of hydrogen-bond donors (Lipinski definition) is 2. The molecule has 0 unspecified atom stereocenters. The molecule has 0 aliphatic rings. The Labute approximate surface area is 102 Å². The molecule has 5 nitrogen and oxygen atoms in total. The Hall–Kier alpha value is -2.58. The van der Waals surface area contributed by atoms with E-state index in [1.54, 1.807) is 0 Å². The number of carboxylic acids is 1. The van der Waals surface area contributed by atoms with Crippen molar-refractivity contribution in [3.8, 4) is 11.1 Å². The molecule has 19 heavy (non-hydrogen) atoms. The fourth-order valence-corrected chi connectivity index (χ4v) is 1.49. The van der Waals surface area contributed by atoms with Gasteiger partial charge < -0.3 is 15.4 Å². The monoisotopic (exact) mass is 276 g/mol. The maximum absolute atomic E-state index is 13.6. The number of carboxylic acid groups (broad SMARTS) is 1. The molecule has 0 saturated carbocycles. The first kappa shape index (κ1) is 12.9. The van der Waals surface area contributed by atoms with Crippen LogP contribution < -0.4 is 5.73 Å². The van der Waals surface area contributed by atoms with Crippen LogP contribution in [0.1, 0.15) is 10.4 Å². The standard InChI is InChI=1S/C10H4F4N2O3/c11-5-3(2-1-16-19-9(2)15)6(12)8(14)4(7(5)13)10(17)18/h1H,15H2,(H,17,18). The molecule has 9 heteroatoms. The number of nitrogens with zero attached hydrogens (tertiary/aromatic N) is 1. The van der Waals surface area contributed by atoms with Gasteiger partial charge in [-0.15, -0.1) is 0 Å². The fourth-order valence-electron chi connectivity index (χ4n) is 1.49. The average Bonchev–Trinajstić information content (AvgIpc) is 2.73. The number of benzene rings is 1. The summed E-state index contributed by atoms with van der Waals surface area (Å²) in [6.07, 6.45) is 0.746. The van der Waals surface area contributed by atoms with Gasteiger partial charge in [0.1, 0.15) is 5.56 Å². The molecule has 0 saturated heterocycles. The second-order valence-electron chi connectivity index (χ2n) is 3.41.